The third-order valence-electron chi connectivity index (χ3n) is 6.00. The third-order valence-corrected chi connectivity index (χ3v) is 6.44. The van der Waals surface area contributed by atoms with E-state index in [1.807, 2.05) is 52.0 Å². The van der Waals surface area contributed by atoms with Crippen LogP contribution in [0.1, 0.15) is 47.9 Å². The van der Waals surface area contributed by atoms with Crippen molar-refractivity contribution in [2.75, 3.05) is 13.2 Å². The van der Waals surface area contributed by atoms with Gasteiger partial charge in [0.1, 0.15) is 11.5 Å². The van der Waals surface area contributed by atoms with Crippen LogP contribution in [0.25, 0.3) is 0 Å². The number of hydrogen-bond donors (Lipinski definition) is 2. The van der Waals surface area contributed by atoms with Crippen LogP contribution < -0.4 is 20.1 Å². The van der Waals surface area contributed by atoms with E-state index in [0.29, 0.717) is 21.5 Å². The van der Waals surface area contributed by atoms with Gasteiger partial charge in [-0.15, -0.1) is 0 Å². The highest BCUT2D eigenvalue weighted by molar-refractivity contribution is 6.31. The molecule has 6 nitrogen and oxygen atoms in total. The van der Waals surface area contributed by atoms with Gasteiger partial charge in [-0.2, -0.15) is 0 Å². The van der Waals surface area contributed by atoms with E-state index in [9.17, 15) is 9.59 Å². The summed E-state index contributed by atoms with van der Waals surface area (Å²) >= 11 is 12.1. The molecule has 184 valence electrons. The fourth-order valence-electron chi connectivity index (χ4n) is 4.50. The van der Waals surface area contributed by atoms with Crippen LogP contribution in [0.4, 0.5) is 0 Å². The van der Waals surface area contributed by atoms with Crippen LogP contribution in [-0.2, 0) is 9.59 Å². The first kappa shape index (κ1) is 26.2. The molecule has 0 radical (unpaired) electrons. The molecular formula is C26H32Cl2N2O4. The predicted molar refractivity (Wildman–Crippen MR) is 135 cm³/mol. The molecule has 2 amide bonds. The molecule has 2 aromatic rings. The van der Waals surface area contributed by atoms with Gasteiger partial charge in [-0.05, 0) is 87.1 Å². The highest BCUT2D eigenvalue weighted by Crippen LogP contribution is 2.28. The highest BCUT2D eigenvalue weighted by atomic mass is 35.5. The molecule has 1 saturated carbocycles. The zero-order valence-corrected chi connectivity index (χ0v) is 21.6. The molecule has 0 saturated heterocycles. The van der Waals surface area contributed by atoms with Crippen LogP contribution in [0.3, 0.4) is 0 Å². The Balaban J connectivity index is 1.53. The van der Waals surface area contributed by atoms with Crippen LogP contribution in [0.5, 0.6) is 11.5 Å². The molecule has 2 aromatic carbocycles. The standard InChI is InChI=1S/C26H32Cl2N2O4/c1-15-9-19(27)10-16(2)25(15)33-13-23(31)29-21-7-5-6-8-22(21)30-24(32)14-34-26-17(3)11-20(28)12-18(26)4/h9-12,21-22H,5-8,13-14H2,1-4H3,(H,29,31)(H,30,32)/t21-,22-/m1/s1. The Morgan fingerprint density at radius 2 is 1.06 bits per heavy atom. The minimum Gasteiger partial charge on any atom is -0.483 e. The summed E-state index contributed by atoms with van der Waals surface area (Å²) in [7, 11) is 0. The minimum absolute atomic E-state index is 0.0985. The Hall–Kier alpha value is -2.44. The van der Waals surface area contributed by atoms with E-state index >= 15 is 0 Å². The summed E-state index contributed by atoms with van der Waals surface area (Å²) in [5.74, 6) is 0.892. The van der Waals surface area contributed by atoms with Gasteiger partial charge < -0.3 is 20.1 Å². The number of ether oxygens (including phenoxy) is 2. The topological polar surface area (TPSA) is 76.7 Å². The smallest absolute Gasteiger partial charge is 0.258 e. The van der Waals surface area contributed by atoms with Gasteiger partial charge >= 0.3 is 0 Å². The van der Waals surface area contributed by atoms with E-state index in [-0.39, 0.29) is 37.1 Å². The number of benzene rings is 2. The Labute approximate surface area is 211 Å². The number of carbonyl (C=O) groups is 2. The van der Waals surface area contributed by atoms with Crippen molar-refractivity contribution < 1.29 is 19.1 Å². The van der Waals surface area contributed by atoms with E-state index in [1.165, 1.54) is 0 Å². The fraction of sp³-hybridized carbons (Fsp3) is 0.462. The molecule has 0 aromatic heterocycles. The minimum atomic E-state index is -0.219. The molecule has 1 fully saturated rings. The van der Waals surface area contributed by atoms with Gasteiger partial charge in [0.25, 0.3) is 11.8 Å². The second kappa shape index (κ2) is 11.8. The molecule has 0 bridgehead atoms. The van der Waals surface area contributed by atoms with E-state index in [0.717, 1.165) is 47.9 Å². The van der Waals surface area contributed by atoms with Gasteiger partial charge in [0.2, 0.25) is 0 Å². The van der Waals surface area contributed by atoms with E-state index in [2.05, 4.69) is 10.6 Å². The van der Waals surface area contributed by atoms with Crippen LogP contribution in [0.15, 0.2) is 24.3 Å². The number of rotatable bonds is 8. The van der Waals surface area contributed by atoms with Crippen molar-refractivity contribution in [1.29, 1.82) is 0 Å². The summed E-state index contributed by atoms with van der Waals surface area (Å²) in [6.45, 7) is 7.39. The molecule has 34 heavy (non-hydrogen) atoms. The van der Waals surface area contributed by atoms with Gasteiger partial charge in [0.15, 0.2) is 13.2 Å². The molecule has 2 atom stereocenters. The quantitative estimate of drug-likeness (QED) is 0.513. The number of halogens is 2. The van der Waals surface area contributed by atoms with Crippen molar-refractivity contribution in [3.63, 3.8) is 0 Å². The summed E-state index contributed by atoms with van der Waals surface area (Å²) in [5.41, 5.74) is 3.53. The monoisotopic (exact) mass is 506 g/mol. The Morgan fingerprint density at radius 1 is 0.735 bits per heavy atom. The van der Waals surface area contributed by atoms with Gasteiger partial charge in [0.05, 0.1) is 0 Å². The van der Waals surface area contributed by atoms with Crippen molar-refractivity contribution in [1.82, 2.24) is 10.6 Å². The van der Waals surface area contributed by atoms with Crippen molar-refractivity contribution in [3.8, 4) is 11.5 Å². The first-order chi connectivity index (χ1) is 16.1. The second-order valence-corrected chi connectivity index (χ2v) is 9.82. The molecule has 1 aliphatic carbocycles. The van der Waals surface area contributed by atoms with Crippen molar-refractivity contribution >= 4 is 35.0 Å². The summed E-state index contributed by atoms with van der Waals surface area (Å²) in [5, 5.41) is 7.34. The lowest BCUT2D eigenvalue weighted by molar-refractivity contribution is -0.127. The molecule has 3 rings (SSSR count). The lowest BCUT2D eigenvalue weighted by Gasteiger charge is -2.32. The average molecular weight is 507 g/mol. The van der Waals surface area contributed by atoms with Gasteiger partial charge in [-0.3, -0.25) is 9.59 Å². The number of carbonyl (C=O) groups excluding carboxylic acids is 2. The van der Waals surface area contributed by atoms with Gasteiger partial charge in [-0.1, -0.05) is 36.0 Å². The first-order valence-corrected chi connectivity index (χ1v) is 12.3. The lowest BCUT2D eigenvalue weighted by Crippen LogP contribution is -2.54. The Bertz CT molecular complexity index is 928. The maximum atomic E-state index is 12.6. The first-order valence-electron chi connectivity index (χ1n) is 11.5. The summed E-state index contributed by atoms with van der Waals surface area (Å²) in [4.78, 5) is 25.2. The number of nitrogens with one attached hydrogen (secondary N) is 2. The second-order valence-electron chi connectivity index (χ2n) is 8.95. The molecule has 0 heterocycles. The molecule has 8 heteroatoms. The Morgan fingerprint density at radius 3 is 1.38 bits per heavy atom. The molecule has 0 spiro atoms. The zero-order chi connectivity index (χ0) is 24.8. The Kier molecular flexibility index (Phi) is 9.09. The fourth-order valence-corrected chi connectivity index (χ4v) is 5.15. The van der Waals surface area contributed by atoms with Crippen LogP contribution in [-0.4, -0.2) is 37.1 Å². The summed E-state index contributed by atoms with van der Waals surface area (Å²) in [6, 6.07) is 6.93. The molecule has 1 aliphatic rings. The lowest BCUT2D eigenvalue weighted by atomic mass is 9.90. The largest absolute Gasteiger partial charge is 0.483 e. The normalized spacial score (nSPS) is 17.7. The third kappa shape index (κ3) is 7.03. The molecule has 2 N–H and O–H groups in total. The van der Waals surface area contributed by atoms with E-state index < -0.39 is 0 Å². The van der Waals surface area contributed by atoms with Crippen LogP contribution >= 0.6 is 23.2 Å². The number of amides is 2. The van der Waals surface area contributed by atoms with Gasteiger partial charge in [0, 0.05) is 22.1 Å². The summed E-state index contributed by atoms with van der Waals surface area (Å²) in [6.07, 6.45) is 3.58. The summed E-state index contributed by atoms with van der Waals surface area (Å²) < 4.78 is 11.5. The van der Waals surface area contributed by atoms with Crippen molar-refractivity contribution in [2.45, 2.75) is 65.5 Å². The zero-order valence-electron chi connectivity index (χ0n) is 20.1. The molecule has 0 aliphatic heterocycles. The highest BCUT2D eigenvalue weighted by Gasteiger charge is 2.28. The van der Waals surface area contributed by atoms with Crippen molar-refractivity contribution in [3.05, 3.63) is 56.6 Å². The maximum Gasteiger partial charge on any atom is 0.258 e. The number of aryl methyl sites for hydroxylation is 4. The predicted octanol–water partition coefficient (Wildman–Crippen LogP) is 5.23. The molecule has 0 unspecified atom stereocenters. The number of hydrogen-bond acceptors (Lipinski definition) is 4. The average Bonchev–Trinajstić information content (AvgIpc) is 2.73. The molecular weight excluding hydrogens is 475 g/mol. The SMILES string of the molecule is Cc1cc(Cl)cc(C)c1OCC(=O)N[C@@H]1CCCC[C@H]1NC(=O)COc1c(C)cc(Cl)cc1C. The van der Waals surface area contributed by atoms with Crippen molar-refractivity contribution in [2.24, 2.45) is 0 Å². The van der Waals surface area contributed by atoms with E-state index in [4.69, 9.17) is 32.7 Å². The van der Waals surface area contributed by atoms with Crippen LogP contribution in [0, 0.1) is 27.7 Å². The van der Waals surface area contributed by atoms with Crippen LogP contribution in [0.2, 0.25) is 10.0 Å². The maximum absolute atomic E-state index is 12.6. The van der Waals surface area contributed by atoms with Gasteiger partial charge in [-0.25, -0.2) is 0 Å². The van der Waals surface area contributed by atoms with E-state index in [1.54, 1.807) is 0 Å².